The number of nitrogens with one attached hydrogen (secondary N) is 3. The van der Waals surface area contributed by atoms with Gasteiger partial charge in [-0.05, 0) is 26.2 Å². The molecule has 0 fully saturated rings. The Hall–Kier alpha value is -3.99. The van der Waals surface area contributed by atoms with Crippen molar-refractivity contribution in [1.29, 1.82) is 0 Å². The molecule has 5 unspecified atom stereocenters. The number of guanidine groups is 1. The number of carboxylic acids is 2. The van der Waals surface area contributed by atoms with Crippen molar-refractivity contribution in [3.8, 4) is 0 Å². The lowest BCUT2D eigenvalue weighted by atomic mass is 10.1. The highest BCUT2D eigenvalue weighted by atomic mass is 16.4. The quantitative estimate of drug-likeness (QED) is 0.0491. The zero-order valence-electron chi connectivity index (χ0n) is 19.7. The van der Waals surface area contributed by atoms with Crippen molar-refractivity contribution in [3.05, 3.63) is 0 Å². The lowest BCUT2D eigenvalue weighted by molar-refractivity contribution is -0.147. The Kier molecular flexibility index (Phi) is 14.1. The van der Waals surface area contributed by atoms with Gasteiger partial charge in [-0.2, -0.15) is 0 Å². The minimum absolute atomic E-state index is 0.133. The topological polar surface area (TPSA) is 316 Å². The number of nitrogens with zero attached hydrogens (tertiary/aromatic N) is 1. The van der Waals surface area contributed by atoms with E-state index in [9.17, 15) is 33.9 Å². The molecule has 0 aromatic carbocycles. The molecule has 0 aliphatic carbocycles. The Bertz CT molecular complexity index is 845. The highest BCUT2D eigenvalue weighted by Crippen LogP contribution is 2.04. The van der Waals surface area contributed by atoms with Crippen molar-refractivity contribution >= 4 is 41.5 Å². The first-order valence-corrected chi connectivity index (χ1v) is 10.8. The van der Waals surface area contributed by atoms with E-state index < -0.39 is 78.7 Å². The summed E-state index contributed by atoms with van der Waals surface area (Å²) >= 11 is 0. The highest BCUT2D eigenvalue weighted by molar-refractivity contribution is 5.95. The predicted octanol–water partition coefficient (Wildman–Crippen LogP) is -4.97. The van der Waals surface area contributed by atoms with Gasteiger partial charge in [0, 0.05) is 13.0 Å². The fourth-order valence-electron chi connectivity index (χ4n) is 2.78. The SMILES string of the molecule is CC(O)C(NC(=O)C(N)CCCN=C(N)N)C(=O)NC(CCC(N)=O)C(=O)NC(CC(=O)O)C(=O)O. The van der Waals surface area contributed by atoms with Crippen molar-refractivity contribution in [2.75, 3.05) is 6.54 Å². The third-order valence-corrected chi connectivity index (χ3v) is 4.67. The van der Waals surface area contributed by atoms with Gasteiger partial charge in [-0.25, -0.2) is 4.79 Å². The van der Waals surface area contributed by atoms with Crippen molar-refractivity contribution in [2.24, 2.45) is 27.9 Å². The van der Waals surface area contributed by atoms with E-state index in [-0.39, 0.29) is 25.3 Å². The summed E-state index contributed by atoms with van der Waals surface area (Å²) in [4.78, 5) is 74.7. The predicted molar refractivity (Wildman–Crippen MR) is 124 cm³/mol. The molecule has 0 saturated heterocycles. The number of nitrogens with two attached hydrogens (primary N) is 4. The summed E-state index contributed by atoms with van der Waals surface area (Å²) in [7, 11) is 0. The molecule has 0 bridgehead atoms. The van der Waals surface area contributed by atoms with Crippen molar-refractivity contribution < 1.29 is 44.1 Å². The molecule has 14 N–H and O–H groups in total. The van der Waals surface area contributed by atoms with Gasteiger partial charge in [0.15, 0.2) is 5.96 Å². The lowest BCUT2D eigenvalue weighted by Crippen LogP contribution is -2.59. The number of carbonyl (C=O) groups excluding carboxylic acids is 4. The molecule has 204 valence electrons. The molecular weight excluding hydrogens is 484 g/mol. The van der Waals surface area contributed by atoms with E-state index in [0.29, 0.717) is 6.42 Å². The zero-order valence-corrected chi connectivity index (χ0v) is 19.7. The van der Waals surface area contributed by atoms with Gasteiger partial charge in [0.1, 0.15) is 18.1 Å². The van der Waals surface area contributed by atoms with Gasteiger partial charge in [0.05, 0.1) is 18.6 Å². The largest absolute Gasteiger partial charge is 0.481 e. The molecule has 0 heterocycles. The Morgan fingerprint density at radius 3 is 1.92 bits per heavy atom. The molecule has 0 rings (SSSR count). The fourth-order valence-corrected chi connectivity index (χ4v) is 2.78. The van der Waals surface area contributed by atoms with Crippen LogP contribution in [0.1, 0.15) is 39.0 Å². The fraction of sp³-hybridized carbons (Fsp3) is 0.632. The molecule has 5 atom stereocenters. The Balaban J connectivity index is 5.41. The maximum atomic E-state index is 12.8. The van der Waals surface area contributed by atoms with E-state index in [4.69, 9.17) is 33.1 Å². The van der Waals surface area contributed by atoms with Crippen molar-refractivity contribution in [3.63, 3.8) is 0 Å². The summed E-state index contributed by atoms with van der Waals surface area (Å²) in [5, 5.41) is 34.3. The molecule has 0 aliphatic heterocycles. The van der Waals surface area contributed by atoms with Crippen LogP contribution in [0.5, 0.6) is 0 Å². The van der Waals surface area contributed by atoms with Crippen molar-refractivity contribution in [2.45, 2.75) is 69.3 Å². The number of hydrogen-bond acceptors (Lipinski definition) is 9. The number of aliphatic carboxylic acids is 2. The standard InChI is InChI=1S/C19H34N8O9/c1-8(28)14(27-15(32)9(20)3-2-6-24-19(22)23)17(34)25-10(4-5-12(21)29)16(33)26-11(18(35)36)7-13(30)31/h8-11,14,28H,2-7,20H2,1H3,(H2,21,29)(H,25,34)(H,26,33)(H,27,32)(H,30,31)(H,35,36)(H4,22,23,24). The molecule has 4 amide bonds. The summed E-state index contributed by atoms with van der Waals surface area (Å²) < 4.78 is 0. The van der Waals surface area contributed by atoms with Crippen LogP contribution in [0.3, 0.4) is 0 Å². The van der Waals surface area contributed by atoms with Gasteiger partial charge in [0.2, 0.25) is 23.6 Å². The van der Waals surface area contributed by atoms with Crippen LogP contribution in [-0.2, 0) is 28.8 Å². The summed E-state index contributed by atoms with van der Waals surface area (Å²) in [6, 6.07) is -6.05. The first kappa shape index (κ1) is 32.0. The summed E-state index contributed by atoms with van der Waals surface area (Å²) in [6.45, 7) is 1.39. The van der Waals surface area contributed by atoms with Crippen LogP contribution in [0.4, 0.5) is 0 Å². The van der Waals surface area contributed by atoms with Gasteiger partial charge in [-0.15, -0.1) is 0 Å². The number of carboxylic acid groups (broad SMARTS) is 2. The summed E-state index contributed by atoms with van der Waals surface area (Å²) in [5.74, 6) is -7.10. The van der Waals surface area contributed by atoms with Crippen LogP contribution in [0.2, 0.25) is 0 Å². The second kappa shape index (κ2) is 15.8. The second-order valence-corrected chi connectivity index (χ2v) is 7.85. The Morgan fingerprint density at radius 2 is 1.44 bits per heavy atom. The smallest absolute Gasteiger partial charge is 0.326 e. The number of carbonyl (C=O) groups is 6. The molecule has 36 heavy (non-hydrogen) atoms. The molecule has 0 radical (unpaired) electrons. The normalized spacial score (nSPS) is 14.8. The first-order valence-electron chi connectivity index (χ1n) is 10.8. The number of aliphatic imine (C=N–C) groups is 1. The molecule has 17 heteroatoms. The van der Waals surface area contributed by atoms with Crippen LogP contribution < -0.4 is 38.9 Å². The van der Waals surface area contributed by atoms with Crippen LogP contribution in [0.25, 0.3) is 0 Å². The van der Waals surface area contributed by atoms with Crippen LogP contribution >= 0.6 is 0 Å². The zero-order chi connectivity index (χ0) is 28.0. The first-order chi connectivity index (χ1) is 16.6. The van der Waals surface area contributed by atoms with Crippen molar-refractivity contribution in [1.82, 2.24) is 16.0 Å². The maximum Gasteiger partial charge on any atom is 0.326 e. The molecule has 0 aliphatic rings. The molecule has 17 nitrogen and oxygen atoms in total. The van der Waals surface area contributed by atoms with E-state index in [0.717, 1.165) is 0 Å². The minimum atomic E-state index is -1.83. The number of hydrogen-bond donors (Lipinski definition) is 10. The van der Waals surface area contributed by atoms with Gasteiger partial charge in [0.25, 0.3) is 0 Å². The Labute approximate surface area is 206 Å². The van der Waals surface area contributed by atoms with E-state index in [1.54, 1.807) is 0 Å². The lowest BCUT2D eigenvalue weighted by Gasteiger charge is -2.26. The monoisotopic (exact) mass is 518 g/mol. The average molecular weight is 519 g/mol. The molecule has 0 spiro atoms. The Morgan fingerprint density at radius 1 is 0.861 bits per heavy atom. The third-order valence-electron chi connectivity index (χ3n) is 4.67. The van der Waals surface area contributed by atoms with E-state index in [2.05, 4.69) is 15.6 Å². The number of amides is 4. The van der Waals surface area contributed by atoms with E-state index in [1.807, 2.05) is 5.32 Å². The van der Waals surface area contributed by atoms with Gasteiger partial charge in [-0.1, -0.05) is 0 Å². The summed E-state index contributed by atoms with van der Waals surface area (Å²) in [5.41, 5.74) is 21.3. The molecule has 0 aromatic rings. The summed E-state index contributed by atoms with van der Waals surface area (Å²) in [6.07, 6.45) is -2.71. The van der Waals surface area contributed by atoms with Gasteiger partial charge < -0.3 is 54.2 Å². The molecule has 0 saturated carbocycles. The number of aliphatic hydroxyl groups excluding tert-OH is 1. The van der Waals surface area contributed by atoms with Crippen LogP contribution in [-0.4, -0.2) is 93.7 Å². The van der Waals surface area contributed by atoms with E-state index in [1.165, 1.54) is 6.92 Å². The second-order valence-electron chi connectivity index (χ2n) is 7.85. The van der Waals surface area contributed by atoms with Crippen LogP contribution in [0.15, 0.2) is 4.99 Å². The number of aliphatic hydroxyl groups is 1. The minimum Gasteiger partial charge on any atom is -0.481 e. The molecular formula is C19H34N8O9. The van der Waals surface area contributed by atoms with E-state index >= 15 is 0 Å². The van der Waals surface area contributed by atoms with Crippen LogP contribution in [0, 0.1) is 0 Å². The maximum absolute atomic E-state index is 12.8. The third kappa shape index (κ3) is 13.0. The van der Waals surface area contributed by atoms with Gasteiger partial charge >= 0.3 is 11.9 Å². The number of primary amides is 1. The van der Waals surface area contributed by atoms with Gasteiger partial charge in [-0.3, -0.25) is 29.0 Å². The average Bonchev–Trinajstić information content (AvgIpc) is 2.75. The highest BCUT2D eigenvalue weighted by Gasteiger charge is 2.33. The number of rotatable bonds is 17. The molecule has 0 aromatic heterocycles.